The fraction of sp³-hybridized carbons (Fsp3) is 0.500. The highest BCUT2D eigenvalue weighted by Crippen LogP contribution is 2.26. The average Bonchev–Trinajstić information content (AvgIpc) is 2.65. The average molecular weight is 260 g/mol. The van der Waals surface area contributed by atoms with Crippen molar-refractivity contribution in [3.63, 3.8) is 0 Å². The van der Waals surface area contributed by atoms with Crippen LogP contribution in [0, 0.1) is 5.82 Å². The van der Waals surface area contributed by atoms with Crippen LogP contribution >= 0.6 is 0 Å². The van der Waals surface area contributed by atoms with Crippen LogP contribution in [0.3, 0.4) is 0 Å². The van der Waals surface area contributed by atoms with Gasteiger partial charge in [0.15, 0.2) is 0 Å². The summed E-state index contributed by atoms with van der Waals surface area (Å²) in [6, 6.07) is 6.13. The Hall–Kier alpha value is -1.35. The fourth-order valence-electron chi connectivity index (χ4n) is 2.73. The van der Waals surface area contributed by atoms with Crippen molar-refractivity contribution in [2.24, 2.45) is 0 Å². The van der Waals surface area contributed by atoms with Crippen molar-refractivity contribution in [3.05, 3.63) is 35.8 Å². The molecule has 1 fully saturated rings. The van der Waals surface area contributed by atoms with Crippen LogP contribution < -0.4 is 5.32 Å². The normalized spacial score (nSPS) is 16.2. The topological polar surface area (TPSA) is 17.0 Å². The summed E-state index contributed by atoms with van der Waals surface area (Å²) >= 11 is 0. The highest BCUT2D eigenvalue weighted by atomic mass is 19.1. The summed E-state index contributed by atoms with van der Waals surface area (Å²) < 4.78 is 15.6. The number of rotatable bonds is 4. The van der Waals surface area contributed by atoms with Crippen molar-refractivity contribution in [2.45, 2.75) is 51.7 Å². The van der Waals surface area contributed by atoms with Gasteiger partial charge in [0.2, 0.25) is 0 Å². The van der Waals surface area contributed by atoms with Crippen molar-refractivity contribution < 1.29 is 4.39 Å². The molecule has 1 saturated carbocycles. The molecule has 1 aromatic carbocycles. The Labute approximate surface area is 113 Å². The van der Waals surface area contributed by atoms with Gasteiger partial charge in [-0.15, -0.1) is 0 Å². The van der Waals surface area contributed by atoms with Gasteiger partial charge in [0, 0.05) is 30.2 Å². The van der Waals surface area contributed by atoms with Crippen LogP contribution in [-0.4, -0.2) is 10.6 Å². The van der Waals surface area contributed by atoms with Crippen LogP contribution in [-0.2, 0) is 6.54 Å². The van der Waals surface area contributed by atoms with E-state index in [0.29, 0.717) is 12.1 Å². The zero-order chi connectivity index (χ0) is 13.4. The first kappa shape index (κ1) is 12.7. The largest absolute Gasteiger partial charge is 0.345 e. The maximum Gasteiger partial charge on any atom is 0.125 e. The van der Waals surface area contributed by atoms with E-state index < -0.39 is 0 Å². The van der Waals surface area contributed by atoms with E-state index in [-0.39, 0.29) is 5.82 Å². The molecule has 0 bridgehead atoms. The van der Waals surface area contributed by atoms with E-state index in [0.717, 1.165) is 12.1 Å². The first-order valence-corrected chi connectivity index (χ1v) is 7.17. The van der Waals surface area contributed by atoms with Gasteiger partial charge in [-0.25, -0.2) is 4.39 Å². The van der Waals surface area contributed by atoms with Gasteiger partial charge in [0.1, 0.15) is 5.82 Å². The lowest BCUT2D eigenvalue weighted by Gasteiger charge is -2.26. The molecule has 1 aliphatic rings. The van der Waals surface area contributed by atoms with E-state index in [1.54, 1.807) is 12.1 Å². The van der Waals surface area contributed by atoms with Gasteiger partial charge in [0.25, 0.3) is 0 Å². The third kappa shape index (κ3) is 2.39. The monoisotopic (exact) mass is 260 g/mol. The molecule has 0 unspecified atom stereocenters. The summed E-state index contributed by atoms with van der Waals surface area (Å²) in [5.41, 5.74) is 2.27. The molecular weight excluding hydrogens is 239 g/mol. The summed E-state index contributed by atoms with van der Waals surface area (Å²) in [4.78, 5) is 0. The van der Waals surface area contributed by atoms with Gasteiger partial charge in [-0.2, -0.15) is 0 Å². The second-order valence-corrected chi connectivity index (χ2v) is 5.83. The molecule has 0 saturated heterocycles. The van der Waals surface area contributed by atoms with E-state index in [1.165, 1.54) is 30.2 Å². The van der Waals surface area contributed by atoms with E-state index in [1.807, 2.05) is 6.07 Å². The van der Waals surface area contributed by atoms with E-state index in [4.69, 9.17) is 0 Å². The molecule has 2 aromatic rings. The van der Waals surface area contributed by atoms with Gasteiger partial charge in [0.05, 0.1) is 5.52 Å². The Balaban J connectivity index is 1.94. The molecule has 0 radical (unpaired) electrons. The van der Waals surface area contributed by atoms with Gasteiger partial charge >= 0.3 is 0 Å². The lowest BCUT2D eigenvalue weighted by molar-refractivity contribution is 0.338. The van der Waals surface area contributed by atoms with Gasteiger partial charge in [-0.3, -0.25) is 0 Å². The Morgan fingerprint density at radius 2 is 2.16 bits per heavy atom. The van der Waals surface area contributed by atoms with Crippen LogP contribution in [0.5, 0.6) is 0 Å². The number of fused-ring (bicyclic) bond motifs is 1. The summed E-state index contributed by atoms with van der Waals surface area (Å²) in [6.07, 6.45) is 6.09. The van der Waals surface area contributed by atoms with Crippen LogP contribution in [0.2, 0.25) is 0 Å². The summed E-state index contributed by atoms with van der Waals surface area (Å²) in [5.74, 6) is -0.161. The molecule has 1 N–H and O–H groups in total. The SMILES string of the molecule is CC(C)n1cc(CNC2CCC2)c2ccc(F)cc21. The molecule has 1 aromatic heterocycles. The summed E-state index contributed by atoms with van der Waals surface area (Å²) in [7, 11) is 0. The smallest absolute Gasteiger partial charge is 0.125 e. The molecule has 0 aliphatic heterocycles. The number of benzene rings is 1. The van der Waals surface area contributed by atoms with Crippen LogP contribution in [0.25, 0.3) is 10.9 Å². The minimum Gasteiger partial charge on any atom is -0.345 e. The summed E-state index contributed by atoms with van der Waals surface area (Å²) in [6.45, 7) is 5.15. The molecular formula is C16H21FN2. The van der Waals surface area contributed by atoms with Gasteiger partial charge in [-0.05, 0) is 50.5 Å². The number of nitrogens with zero attached hydrogens (tertiary/aromatic N) is 1. The third-order valence-corrected chi connectivity index (χ3v) is 4.12. The van der Waals surface area contributed by atoms with Crippen LogP contribution in [0.4, 0.5) is 4.39 Å². The zero-order valence-electron chi connectivity index (χ0n) is 11.6. The van der Waals surface area contributed by atoms with Crippen LogP contribution in [0.1, 0.15) is 44.7 Å². The predicted molar refractivity (Wildman–Crippen MR) is 76.8 cm³/mol. The number of aromatic nitrogens is 1. The van der Waals surface area contributed by atoms with Crippen molar-refractivity contribution >= 4 is 10.9 Å². The fourth-order valence-corrected chi connectivity index (χ4v) is 2.73. The molecule has 0 amide bonds. The predicted octanol–water partition coefficient (Wildman–Crippen LogP) is 4.00. The standard InChI is InChI=1S/C16H21FN2/c1-11(2)19-10-12(9-18-14-4-3-5-14)15-7-6-13(17)8-16(15)19/h6-8,10-11,14,18H,3-5,9H2,1-2H3. The highest BCUT2D eigenvalue weighted by Gasteiger charge is 2.18. The molecule has 3 heteroatoms. The molecule has 2 nitrogen and oxygen atoms in total. The molecule has 0 atom stereocenters. The first-order valence-electron chi connectivity index (χ1n) is 7.17. The molecule has 0 spiro atoms. The van der Waals surface area contributed by atoms with Crippen molar-refractivity contribution in [1.82, 2.24) is 9.88 Å². The van der Waals surface area contributed by atoms with Crippen molar-refractivity contribution in [3.8, 4) is 0 Å². The molecule has 3 rings (SSSR count). The number of halogens is 1. The Morgan fingerprint density at radius 3 is 2.79 bits per heavy atom. The van der Waals surface area contributed by atoms with E-state index in [9.17, 15) is 4.39 Å². The molecule has 19 heavy (non-hydrogen) atoms. The number of hydrogen-bond acceptors (Lipinski definition) is 1. The second-order valence-electron chi connectivity index (χ2n) is 5.83. The minimum absolute atomic E-state index is 0.161. The highest BCUT2D eigenvalue weighted by molar-refractivity contribution is 5.84. The molecule has 102 valence electrons. The molecule has 1 aliphatic carbocycles. The Kier molecular flexibility index (Phi) is 3.31. The maximum absolute atomic E-state index is 13.4. The third-order valence-electron chi connectivity index (χ3n) is 4.12. The Morgan fingerprint density at radius 1 is 1.37 bits per heavy atom. The molecule has 1 heterocycles. The van der Waals surface area contributed by atoms with Gasteiger partial charge in [-0.1, -0.05) is 6.42 Å². The van der Waals surface area contributed by atoms with Gasteiger partial charge < -0.3 is 9.88 Å². The Bertz CT molecular complexity index is 582. The second kappa shape index (κ2) is 4.97. The summed E-state index contributed by atoms with van der Waals surface area (Å²) in [5, 5.41) is 4.76. The zero-order valence-corrected chi connectivity index (χ0v) is 11.6. The quantitative estimate of drug-likeness (QED) is 0.879. The first-order chi connectivity index (χ1) is 9.15. The van der Waals surface area contributed by atoms with Crippen molar-refractivity contribution in [2.75, 3.05) is 0 Å². The number of nitrogens with one attached hydrogen (secondary N) is 1. The maximum atomic E-state index is 13.4. The number of hydrogen-bond donors (Lipinski definition) is 1. The van der Waals surface area contributed by atoms with Crippen LogP contribution in [0.15, 0.2) is 24.4 Å². The van der Waals surface area contributed by atoms with E-state index in [2.05, 4.69) is 29.9 Å². The minimum atomic E-state index is -0.161. The lowest BCUT2D eigenvalue weighted by Crippen LogP contribution is -2.34. The lowest BCUT2D eigenvalue weighted by atomic mass is 9.93. The van der Waals surface area contributed by atoms with Crippen molar-refractivity contribution in [1.29, 1.82) is 0 Å². The van der Waals surface area contributed by atoms with E-state index >= 15 is 0 Å².